The Kier molecular flexibility index (Phi) is 7.00. The predicted molar refractivity (Wildman–Crippen MR) is 109 cm³/mol. The quantitative estimate of drug-likeness (QED) is 0.570. The standard InChI is InChI=1S/C22H32O2Si/c1-19(13-11-12-18-23)24-25(22(2,3)4,20-14-7-5-8-15-20)21-16-9-6-10-17-21/h5-10,14-17,19,23H,11-13,18H2,1-4H3/t19-/m0/s1. The van der Waals surface area contributed by atoms with Crippen LogP contribution in [-0.4, -0.2) is 26.1 Å². The van der Waals surface area contributed by atoms with Gasteiger partial charge in [-0.05, 0) is 41.6 Å². The summed E-state index contributed by atoms with van der Waals surface area (Å²) in [5, 5.41) is 11.7. The van der Waals surface area contributed by atoms with Gasteiger partial charge in [-0.1, -0.05) is 81.4 Å². The Morgan fingerprint density at radius 3 is 1.76 bits per heavy atom. The molecule has 0 spiro atoms. The van der Waals surface area contributed by atoms with Crippen molar-refractivity contribution >= 4 is 18.7 Å². The summed E-state index contributed by atoms with van der Waals surface area (Å²) in [6, 6.07) is 21.5. The third kappa shape index (κ3) is 4.60. The van der Waals surface area contributed by atoms with Gasteiger partial charge < -0.3 is 9.53 Å². The summed E-state index contributed by atoms with van der Waals surface area (Å²) < 4.78 is 6.98. The third-order valence-corrected chi connectivity index (χ3v) is 9.97. The maximum atomic E-state index is 9.06. The molecule has 136 valence electrons. The molecule has 0 amide bonds. The Morgan fingerprint density at radius 2 is 1.36 bits per heavy atom. The van der Waals surface area contributed by atoms with Crippen molar-refractivity contribution in [3.05, 3.63) is 60.7 Å². The maximum Gasteiger partial charge on any atom is 0.261 e. The van der Waals surface area contributed by atoms with Crippen LogP contribution in [0.3, 0.4) is 0 Å². The Hall–Kier alpha value is -1.42. The summed E-state index contributed by atoms with van der Waals surface area (Å²) in [6.45, 7) is 9.35. The molecule has 0 aliphatic carbocycles. The van der Waals surface area contributed by atoms with Crippen LogP contribution in [0.4, 0.5) is 0 Å². The lowest BCUT2D eigenvalue weighted by atomic mass is 10.2. The van der Waals surface area contributed by atoms with E-state index in [0.29, 0.717) is 0 Å². The van der Waals surface area contributed by atoms with Gasteiger partial charge in [0, 0.05) is 12.7 Å². The number of aliphatic hydroxyl groups excluding tert-OH is 1. The first-order valence-electron chi connectivity index (χ1n) is 9.31. The molecule has 2 aromatic rings. The molecule has 3 heteroatoms. The van der Waals surface area contributed by atoms with E-state index in [0.717, 1.165) is 19.3 Å². The van der Waals surface area contributed by atoms with Crippen LogP contribution >= 0.6 is 0 Å². The first kappa shape index (κ1) is 19.9. The fraction of sp³-hybridized carbons (Fsp3) is 0.455. The molecular formula is C22H32O2Si. The number of aliphatic hydroxyl groups is 1. The van der Waals surface area contributed by atoms with E-state index in [1.807, 2.05) is 0 Å². The van der Waals surface area contributed by atoms with Gasteiger partial charge in [-0.15, -0.1) is 0 Å². The van der Waals surface area contributed by atoms with Crippen molar-refractivity contribution < 1.29 is 9.53 Å². The van der Waals surface area contributed by atoms with E-state index in [4.69, 9.17) is 9.53 Å². The second kappa shape index (κ2) is 8.79. The molecule has 0 unspecified atom stereocenters. The Balaban J connectivity index is 2.49. The Morgan fingerprint density at radius 1 is 0.880 bits per heavy atom. The average Bonchev–Trinajstić information content (AvgIpc) is 2.60. The van der Waals surface area contributed by atoms with Crippen molar-refractivity contribution in [2.75, 3.05) is 6.61 Å². The molecule has 0 heterocycles. The number of rotatable bonds is 8. The lowest BCUT2D eigenvalue weighted by Crippen LogP contribution is -2.67. The minimum atomic E-state index is -2.44. The second-order valence-electron chi connectivity index (χ2n) is 7.81. The van der Waals surface area contributed by atoms with E-state index in [1.54, 1.807) is 0 Å². The van der Waals surface area contributed by atoms with Crippen LogP contribution in [0.25, 0.3) is 0 Å². The van der Waals surface area contributed by atoms with Crippen molar-refractivity contribution in [2.45, 2.75) is 58.1 Å². The fourth-order valence-corrected chi connectivity index (χ4v) is 8.33. The van der Waals surface area contributed by atoms with E-state index in [-0.39, 0.29) is 17.7 Å². The first-order chi connectivity index (χ1) is 11.9. The third-order valence-electron chi connectivity index (χ3n) is 4.81. The molecule has 2 rings (SSSR count). The number of benzene rings is 2. The summed E-state index contributed by atoms with van der Waals surface area (Å²) in [7, 11) is -2.44. The molecule has 0 bridgehead atoms. The Bertz CT molecular complexity index is 580. The van der Waals surface area contributed by atoms with Crippen LogP contribution in [0.1, 0.15) is 47.0 Å². The van der Waals surface area contributed by atoms with E-state index in [1.165, 1.54) is 10.4 Å². The van der Waals surface area contributed by atoms with Gasteiger partial charge in [0.25, 0.3) is 8.32 Å². The summed E-state index contributed by atoms with van der Waals surface area (Å²) >= 11 is 0. The van der Waals surface area contributed by atoms with Crippen molar-refractivity contribution in [2.24, 2.45) is 0 Å². The lowest BCUT2D eigenvalue weighted by Gasteiger charge is -2.44. The van der Waals surface area contributed by atoms with Gasteiger partial charge in [-0.25, -0.2) is 0 Å². The highest BCUT2D eigenvalue weighted by atomic mass is 28.4. The number of unbranched alkanes of at least 4 members (excludes halogenated alkanes) is 1. The molecule has 25 heavy (non-hydrogen) atoms. The van der Waals surface area contributed by atoms with E-state index >= 15 is 0 Å². The minimum Gasteiger partial charge on any atom is -0.405 e. The average molecular weight is 357 g/mol. The zero-order chi connectivity index (χ0) is 18.3. The van der Waals surface area contributed by atoms with Crippen LogP contribution in [0.2, 0.25) is 5.04 Å². The molecule has 1 atom stereocenters. The van der Waals surface area contributed by atoms with E-state index < -0.39 is 8.32 Å². The second-order valence-corrected chi connectivity index (χ2v) is 12.1. The zero-order valence-corrected chi connectivity index (χ0v) is 17.0. The highest BCUT2D eigenvalue weighted by Gasteiger charge is 2.50. The highest BCUT2D eigenvalue weighted by molar-refractivity contribution is 6.99. The van der Waals surface area contributed by atoms with Crippen LogP contribution < -0.4 is 10.4 Å². The molecule has 0 aliphatic rings. The van der Waals surface area contributed by atoms with E-state index in [9.17, 15) is 0 Å². The highest BCUT2D eigenvalue weighted by Crippen LogP contribution is 2.37. The molecule has 0 saturated heterocycles. The van der Waals surface area contributed by atoms with Crippen LogP contribution in [-0.2, 0) is 4.43 Å². The van der Waals surface area contributed by atoms with Gasteiger partial charge in [-0.2, -0.15) is 0 Å². The smallest absolute Gasteiger partial charge is 0.261 e. The van der Waals surface area contributed by atoms with Crippen LogP contribution in [0.5, 0.6) is 0 Å². The largest absolute Gasteiger partial charge is 0.405 e. The molecule has 2 aromatic carbocycles. The van der Waals surface area contributed by atoms with Gasteiger partial charge >= 0.3 is 0 Å². The Labute approximate surface area is 154 Å². The van der Waals surface area contributed by atoms with Crippen molar-refractivity contribution in [1.29, 1.82) is 0 Å². The lowest BCUT2D eigenvalue weighted by molar-refractivity contribution is 0.186. The van der Waals surface area contributed by atoms with Gasteiger partial charge in [0.2, 0.25) is 0 Å². The topological polar surface area (TPSA) is 29.5 Å². The van der Waals surface area contributed by atoms with Crippen molar-refractivity contribution in [3.8, 4) is 0 Å². The van der Waals surface area contributed by atoms with Crippen LogP contribution in [0.15, 0.2) is 60.7 Å². The van der Waals surface area contributed by atoms with Crippen molar-refractivity contribution in [3.63, 3.8) is 0 Å². The summed E-state index contributed by atoms with van der Waals surface area (Å²) in [5.41, 5.74) is 0. The molecule has 2 nitrogen and oxygen atoms in total. The molecule has 0 radical (unpaired) electrons. The van der Waals surface area contributed by atoms with Gasteiger partial charge in [0.15, 0.2) is 0 Å². The number of hydrogen-bond donors (Lipinski definition) is 1. The first-order valence-corrected chi connectivity index (χ1v) is 11.2. The molecule has 0 aromatic heterocycles. The zero-order valence-electron chi connectivity index (χ0n) is 16.0. The SMILES string of the molecule is C[C@@H](CCCCO)O[Si](c1ccccc1)(c1ccccc1)C(C)(C)C. The molecule has 1 N–H and O–H groups in total. The molecule has 0 saturated carbocycles. The van der Waals surface area contributed by atoms with Gasteiger partial charge in [0.1, 0.15) is 0 Å². The summed E-state index contributed by atoms with van der Waals surface area (Å²) in [4.78, 5) is 0. The van der Waals surface area contributed by atoms with Crippen LogP contribution in [0, 0.1) is 0 Å². The summed E-state index contributed by atoms with van der Waals surface area (Å²) in [5.74, 6) is 0. The minimum absolute atomic E-state index is 0.0148. The molecule has 0 aliphatic heterocycles. The fourth-order valence-electron chi connectivity index (χ4n) is 3.60. The number of hydrogen-bond acceptors (Lipinski definition) is 2. The molecule has 0 fully saturated rings. The predicted octanol–water partition coefficient (Wildman–Crippen LogP) is 4.11. The monoisotopic (exact) mass is 356 g/mol. The molecular weight excluding hydrogens is 324 g/mol. The van der Waals surface area contributed by atoms with Gasteiger partial charge in [0.05, 0.1) is 0 Å². The van der Waals surface area contributed by atoms with Crippen molar-refractivity contribution in [1.82, 2.24) is 0 Å². The maximum absolute atomic E-state index is 9.06. The van der Waals surface area contributed by atoms with E-state index in [2.05, 4.69) is 88.4 Å². The normalized spacial score (nSPS) is 13.6. The van der Waals surface area contributed by atoms with Gasteiger partial charge in [-0.3, -0.25) is 0 Å². The summed E-state index contributed by atoms with van der Waals surface area (Å²) in [6.07, 6.45) is 2.98.